The molecule has 0 aliphatic carbocycles. The van der Waals surface area contributed by atoms with Gasteiger partial charge in [-0.1, -0.05) is 0 Å². The molecule has 2 rings (SSSR count). The van der Waals surface area contributed by atoms with Crippen molar-refractivity contribution in [2.24, 2.45) is 5.73 Å². The standard InChI is InChI=1S/C11H10BrFN2O2S2/c12-8-5-7(13)1-2-9(8)15-19(16,17)11-3-4-18-10(11)6-14/h1-5,15H,6,14H2. The van der Waals surface area contributed by atoms with Crippen LogP contribution in [0.15, 0.2) is 39.0 Å². The molecule has 0 saturated heterocycles. The van der Waals surface area contributed by atoms with E-state index in [2.05, 4.69) is 20.7 Å². The molecule has 0 fully saturated rings. The fourth-order valence-electron chi connectivity index (χ4n) is 1.49. The van der Waals surface area contributed by atoms with Gasteiger partial charge in [0.15, 0.2) is 0 Å². The minimum atomic E-state index is -3.72. The highest BCUT2D eigenvalue weighted by atomic mass is 79.9. The third kappa shape index (κ3) is 3.14. The summed E-state index contributed by atoms with van der Waals surface area (Å²) in [7, 11) is -3.72. The average Bonchev–Trinajstić information content (AvgIpc) is 2.82. The fraction of sp³-hybridized carbons (Fsp3) is 0.0909. The molecule has 0 aliphatic heterocycles. The highest BCUT2D eigenvalue weighted by Crippen LogP contribution is 2.28. The third-order valence-corrected chi connectivity index (χ3v) is 5.53. The molecule has 4 nitrogen and oxygen atoms in total. The van der Waals surface area contributed by atoms with E-state index in [1.165, 1.54) is 35.6 Å². The van der Waals surface area contributed by atoms with E-state index in [-0.39, 0.29) is 17.1 Å². The Hall–Kier alpha value is -0.960. The number of rotatable bonds is 4. The number of anilines is 1. The molecule has 3 N–H and O–H groups in total. The molecule has 0 atom stereocenters. The van der Waals surface area contributed by atoms with Crippen LogP contribution in [0.4, 0.5) is 10.1 Å². The first-order valence-electron chi connectivity index (χ1n) is 5.18. The molecule has 0 spiro atoms. The Kier molecular flexibility index (Phi) is 4.24. The van der Waals surface area contributed by atoms with Gasteiger partial charge in [-0.25, -0.2) is 12.8 Å². The molecule has 1 heterocycles. The summed E-state index contributed by atoms with van der Waals surface area (Å²) in [5.74, 6) is -0.451. The molecule has 0 radical (unpaired) electrons. The van der Waals surface area contributed by atoms with Crippen molar-refractivity contribution < 1.29 is 12.8 Å². The van der Waals surface area contributed by atoms with E-state index in [1.807, 2.05) is 0 Å². The fourth-order valence-corrected chi connectivity index (χ4v) is 4.49. The van der Waals surface area contributed by atoms with Crippen molar-refractivity contribution in [1.29, 1.82) is 0 Å². The predicted octanol–water partition coefficient (Wildman–Crippen LogP) is 2.91. The van der Waals surface area contributed by atoms with E-state index < -0.39 is 15.8 Å². The molecule has 102 valence electrons. The SMILES string of the molecule is NCc1sccc1S(=O)(=O)Nc1ccc(F)cc1Br. The zero-order chi connectivity index (χ0) is 14.0. The lowest BCUT2D eigenvalue weighted by molar-refractivity contribution is 0.600. The van der Waals surface area contributed by atoms with Crippen LogP contribution in [0.2, 0.25) is 0 Å². The van der Waals surface area contributed by atoms with Crippen molar-refractivity contribution >= 4 is 43.0 Å². The number of nitrogens with two attached hydrogens (primary N) is 1. The van der Waals surface area contributed by atoms with E-state index in [1.54, 1.807) is 5.38 Å². The number of hydrogen-bond donors (Lipinski definition) is 2. The predicted molar refractivity (Wildman–Crippen MR) is 77.1 cm³/mol. The van der Waals surface area contributed by atoms with Crippen LogP contribution in [-0.2, 0) is 16.6 Å². The van der Waals surface area contributed by atoms with Gasteiger partial charge >= 0.3 is 0 Å². The van der Waals surface area contributed by atoms with Crippen molar-refractivity contribution in [1.82, 2.24) is 0 Å². The van der Waals surface area contributed by atoms with Crippen LogP contribution >= 0.6 is 27.3 Å². The van der Waals surface area contributed by atoms with Gasteiger partial charge in [-0.05, 0) is 45.6 Å². The summed E-state index contributed by atoms with van der Waals surface area (Å²) in [6.45, 7) is 0.151. The Bertz CT molecular complexity index is 700. The Balaban J connectivity index is 2.37. The van der Waals surface area contributed by atoms with Crippen molar-refractivity contribution in [3.05, 3.63) is 44.8 Å². The van der Waals surface area contributed by atoms with Gasteiger partial charge in [-0.15, -0.1) is 11.3 Å². The second-order valence-electron chi connectivity index (χ2n) is 3.64. The molecule has 8 heteroatoms. The topological polar surface area (TPSA) is 72.2 Å². The summed E-state index contributed by atoms with van der Waals surface area (Å²) in [6.07, 6.45) is 0. The van der Waals surface area contributed by atoms with Crippen LogP contribution in [0.3, 0.4) is 0 Å². The zero-order valence-electron chi connectivity index (χ0n) is 9.56. The molecule has 19 heavy (non-hydrogen) atoms. The Labute approximate surface area is 122 Å². The van der Waals surface area contributed by atoms with Gasteiger partial charge in [0.2, 0.25) is 0 Å². The van der Waals surface area contributed by atoms with Gasteiger partial charge in [-0.2, -0.15) is 0 Å². The summed E-state index contributed by atoms with van der Waals surface area (Å²) < 4.78 is 40.1. The normalized spacial score (nSPS) is 11.5. The molecule has 0 saturated carbocycles. The Morgan fingerprint density at radius 3 is 2.74 bits per heavy atom. The lowest BCUT2D eigenvalue weighted by Gasteiger charge is -2.10. The van der Waals surface area contributed by atoms with Gasteiger partial charge in [0.25, 0.3) is 10.0 Å². The zero-order valence-corrected chi connectivity index (χ0v) is 12.8. The number of thiophene rings is 1. The summed E-state index contributed by atoms with van der Waals surface area (Å²) in [5, 5.41) is 1.66. The summed E-state index contributed by atoms with van der Waals surface area (Å²) in [5.41, 5.74) is 5.77. The van der Waals surface area contributed by atoms with Crippen LogP contribution in [-0.4, -0.2) is 8.42 Å². The number of hydrogen-bond acceptors (Lipinski definition) is 4. The maximum atomic E-state index is 13.0. The van der Waals surface area contributed by atoms with Gasteiger partial charge in [0, 0.05) is 15.9 Å². The quantitative estimate of drug-likeness (QED) is 0.875. The second-order valence-corrected chi connectivity index (χ2v) is 7.15. The highest BCUT2D eigenvalue weighted by Gasteiger charge is 2.20. The molecular weight excluding hydrogens is 355 g/mol. The summed E-state index contributed by atoms with van der Waals surface area (Å²) in [4.78, 5) is 0.724. The van der Waals surface area contributed by atoms with Crippen molar-refractivity contribution in [2.45, 2.75) is 11.4 Å². The number of halogens is 2. The van der Waals surface area contributed by atoms with E-state index >= 15 is 0 Å². The number of nitrogens with one attached hydrogen (secondary N) is 1. The highest BCUT2D eigenvalue weighted by molar-refractivity contribution is 9.10. The minimum absolute atomic E-state index is 0.149. The number of benzene rings is 1. The molecule has 0 aliphatic rings. The van der Waals surface area contributed by atoms with Crippen LogP contribution in [0.25, 0.3) is 0 Å². The van der Waals surface area contributed by atoms with Crippen LogP contribution < -0.4 is 10.5 Å². The lowest BCUT2D eigenvalue weighted by Crippen LogP contribution is -2.15. The smallest absolute Gasteiger partial charge is 0.263 e. The monoisotopic (exact) mass is 364 g/mol. The Morgan fingerprint density at radius 2 is 2.11 bits per heavy atom. The third-order valence-electron chi connectivity index (χ3n) is 2.35. The largest absolute Gasteiger partial charge is 0.326 e. The van der Waals surface area contributed by atoms with E-state index in [4.69, 9.17) is 5.73 Å². The first-order chi connectivity index (χ1) is 8.94. The molecular formula is C11H10BrFN2O2S2. The van der Waals surface area contributed by atoms with E-state index in [0.717, 1.165) is 0 Å². The van der Waals surface area contributed by atoms with Crippen molar-refractivity contribution in [3.8, 4) is 0 Å². The van der Waals surface area contributed by atoms with Crippen molar-refractivity contribution in [2.75, 3.05) is 4.72 Å². The average molecular weight is 365 g/mol. The molecule has 0 bridgehead atoms. The minimum Gasteiger partial charge on any atom is -0.326 e. The molecule has 1 aromatic heterocycles. The van der Waals surface area contributed by atoms with E-state index in [9.17, 15) is 12.8 Å². The first kappa shape index (κ1) is 14.4. The second kappa shape index (κ2) is 5.58. The molecule has 0 amide bonds. The van der Waals surface area contributed by atoms with Gasteiger partial charge < -0.3 is 5.73 Å². The summed E-state index contributed by atoms with van der Waals surface area (Å²) in [6, 6.07) is 5.22. The lowest BCUT2D eigenvalue weighted by atomic mass is 10.3. The van der Waals surface area contributed by atoms with Crippen LogP contribution in [0.1, 0.15) is 4.88 Å². The maximum Gasteiger partial charge on any atom is 0.263 e. The van der Waals surface area contributed by atoms with Crippen molar-refractivity contribution in [3.63, 3.8) is 0 Å². The molecule has 1 aromatic carbocycles. The summed E-state index contributed by atoms with van der Waals surface area (Å²) >= 11 is 4.39. The molecule has 0 unspecified atom stereocenters. The van der Waals surface area contributed by atoms with Crippen LogP contribution in [0.5, 0.6) is 0 Å². The van der Waals surface area contributed by atoms with Gasteiger partial charge in [0.05, 0.1) is 5.69 Å². The number of sulfonamides is 1. The van der Waals surface area contributed by atoms with Gasteiger partial charge in [0.1, 0.15) is 10.7 Å². The van der Waals surface area contributed by atoms with E-state index in [0.29, 0.717) is 9.35 Å². The Morgan fingerprint density at radius 1 is 1.37 bits per heavy atom. The first-order valence-corrected chi connectivity index (χ1v) is 8.34. The van der Waals surface area contributed by atoms with Gasteiger partial charge in [-0.3, -0.25) is 4.72 Å². The van der Waals surface area contributed by atoms with Crippen LogP contribution in [0, 0.1) is 5.82 Å². The maximum absolute atomic E-state index is 13.0. The molecule has 2 aromatic rings.